The summed E-state index contributed by atoms with van der Waals surface area (Å²) >= 11 is 0. The van der Waals surface area contributed by atoms with Crippen molar-refractivity contribution in [2.24, 2.45) is 0 Å². The van der Waals surface area contributed by atoms with Crippen LogP contribution in [0.25, 0.3) is 22.2 Å². The summed E-state index contributed by atoms with van der Waals surface area (Å²) in [4.78, 5) is 31.5. The molecule has 0 saturated heterocycles. The highest BCUT2D eigenvalue weighted by Crippen LogP contribution is 2.31. The van der Waals surface area contributed by atoms with Gasteiger partial charge in [-0.15, -0.1) is 0 Å². The molecule has 158 valence electrons. The molecule has 0 radical (unpaired) electrons. The van der Waals surface area contributed by atoms with Gasteiger partial charge in [-0.3, -0.25) is 9.59 Å². The third-order valence-corrected chi connectivity index (χ3v) is 5.71. The Morgan fingerprint density at radius 2 is 1.78 bits per heavy atom. The van der Waals surface area contributed by atoms with E-state index in [4.69, 9.17) is 0 Å². The average Bonchev–Trinajstić information content (AvgIpc) is 3.22. The first-order chi connectivity index (χ1) is 15.5. The van der Waals surface area contributed by atoms with E-state index in [0.717, 1.165) is 28.6 Å². The highest BCUT2D eigenvalue weighted by molar-refractivity contribution is 6.13. The van der Waals surface area contributed by atoms with Gasteiger partial charge in [-0.25, -0.2) is 9.37 Å². The number of benzene rings is 3. The smallest absolute Gasteiger partial charge is 0.256 e. The number of carbonyl (C=O) groups is 2. The fourth-order valence-electron chi connectivity index (χ4n) is 4.14. The van der Waals surface area contributed by atoms with Crippen molar-refractivity contribution in [3.8, 4) is 11.3 Å². The summed E-state index contributed by atoms with van der Waals surface area (Å²) in [6.45, 7) is 2.20. The highest BCUT2D eigenvalue weighted by atomic mass is 19.1. The number of pyridine rings is 1. The Morgan fingerprint density at radius 3 is 2.56 bits per heavy atom. The first kappa shape index (κ1) is 19.9. The van der Waals surface area contributed by atoms with E-state index < -0.39 is 0 Å². The zero-order valence-corrected chi connectivity index (χ0v) is 17.4. The molecule has 0 bridgehead atoms. The van der Waals surface area contributed by atoms with E-state index in [1.807, 2.05) is 42.5 Å². The number of nitrogens with zero attached hydrogens (tertiary/aromatic N) is 2. The summed E-state index contributed by atoms with van der Waals surface area (Å²) in [6.07, 6.45) is 0.755. The second-order valence-corrected chi connectivity index (χ2v) is 7.80. The first-order valence-electron chi connectivity index (χ1n) is 10.4. The summed E-state index contributed by atoms with van der Waals surface area (Å²) in [5.41, 5.74) is 5.09. The Labute approximate surface area is 184 Å². The number of halogens is 1. The molecule has 0 aliphatic carbocycles. The Hall–Kier alpha value is -4.06. The molecule has 0 spiro atoms. The summed E-state index contributed by atoms with van der Waals surface area (Å²) < 4.78 is 13.4. The standard InChI is InChI=1S/C26H20FN3O2/c1-16(31)30-13-12-18-14-20(10-11-25(18)30)28-26(32)22-15-24(17-6-8-19(27)9-7-17)29-23-5-3-2-4-21(22)23/h2-11,14-15H,12-13H2,1H3,(H,28,32). The van der Waals surface area contributed by atoms with Gasteiger partial charge in [0.05, 0.1) is 16.8 Å². The molecule has 6 heteroatoms. The summed E-state index contributed by atoms with van der Waals surface area (Å²) in [6, 6.07) is 20.8. The second kappa shape index (κ2) is 7.89. The van der Waals surface area contributed by atoms with Gasteiger partial charge in [0.25, 0.3) is 5.91 Å². The normalized spacial score (nSPS) is 12.6. The molecule has 4 aromatic rings. The zero-order chi connectivity index (χ0) is 22.2. The fraction of sp³-hybridized carbons (Fsp3) is 0.115. The number of hydrogen-bond donors (Lipinski definition) is 1. The van der Waals surface area contributed by atoms with Crippen molar-refractivity contribution >= 4 is 34.1 Å². The van der Waals surface area contributed by atoms with E-state index >= 15 is 0 Å². The van der Waals surface area contributed by atoms with Crippen molar-refractivity contribution < 1.29 is 14.0 Å². The minimum absolute atomic E-state index is 0.0112. The minimum atomic E-state index is -0.326. The predicted octanol–water partition coefficient (Wildman–Crippen LogP) is 5.20. The maximum atomic E-state index is 13.4. The number of anilines is 2. The topological polar surface area (TPSA) is 62.3 Å². The molecule has 1 aromatic heterocycles. The van der Waals surface area contributed by atoms with E-state index in [9.17, 15) is 14.0 Å². The number of rotatable bonds is 3. The quantitative estimate of drug-likeness (QED) is 0.491. The molecule has 2 heterocycles. The van der Waals surface area contributed by atoms with Crippen molar-refractivity contribution in [3.05, 3.63) is 89.7 Å². The lowest BCUT2D eigenvalue weighted by atomic mass is 10.0. The van der Waals surface area contributed by atoms with E-state index in [0.29, 0.717) is 29.0 Å². The van der Waals surface area contributed by atoms with Crippen LogP contribution in [0.5, 0.6) is 0 Å². The van der Waals surface area contributed by atoms with Gasteiger partial charge in [0.1, 0.15) is 5.82 Å². The van der Waals surface area contributed by atoms with Gasteiger partial charge in [-0.2, -0.15) is 0 Å². The van der Waals surface area contributed by atoms with E-state index in [2.05, 4.69) is 10.3 Å². The van der Waals surface area contributed by atoms with Crippen LogP contribution in [0.3, 0.4) is 0 Å². The van der Waals surface area contributed by atoms with Crippen molar-refractivity contribution in [3.63, 3.8) is 0 Å². The van der Waals surface area contributed by atoms with Crippen molar-refractivity contribution in [2.45, 2.75) is 13.3 Å². The van der Waals surface area contributed by atoms with E-state index in [1.54, 1.807) is 30.0 Å². The summed E-state index contributed by atoms with van der Waals surface area (Å²) in [5, 5.41) is 3.72. The lowest BCUT2D eigenvalue weighted by Gasteiger charge is -2.15. The van der Waals surface area contributed by atoms with Gasteiger partial charge >= 0.3 is 0 Å². The molecule has 5 nitrogen and oxygen atoms in total. The molecule has 5 rings (SSSR count). The van der Waals surface area contributed by atoms with Gasteiger partial charge < -0.3 is 10.2 Å². The molecule has 0 unspecified atom stereocenters. The van der Waals surface area contributed by atoms with E-state index in [-0.39, 0.29) is 17.6 Å². The molecule has 3 aromatic carbocycles. The molecule has 1 aliphatic heterocycles. The van der Waals surface area contributed by atoms with E-state index in [1.165, 1.54) is 12.1 Å². The number of amides is 2. The highest BCUT2D eigenvalue weighted by Gasteiger charge is 2.22. The maximum Gasteiger partial charge on any atom is 0.256 e. The van der Waals surface area contributed by atoms with Gasteiger partial charge in [-0.1, -0.05) is 18.2 Å². The molecular weight excluding hydrogens is 405 g/mol. The zero-order valence-electron chi connectivity index (χ0n) is 17.4. The van der Waals surface area contributed by atoms with Crippen LogP contribution in [0.4, 0.5) is 15.8 Å². The van der Waals surface area contributed by atoms with Crippen molar-refractivity contribution in [1.82, 2.24) is 4.98 Å². The Balaban J connectivity index is 1.51. The summed E-state index contributed by atoms with van der Waals surface area (Å²) in [5.74, 6) is -0.571. The lowest BCUT2D eigenvalue weighted by Crippen LogP contribution is -2.25. The largest absolute Gasteiger partial charge is 0.322 e. The maximum absolute atomic E-state index is 13.4. The summed E-state index contributed by atoms with van der Waals surface area (Å²) in [7, 11) is 0. The van der Waals surface area contributed by atoms with Crippen LogP contribution in [-0.2, 0) is 11.2 Å². The Bertz CT molecular complexity index is 1370. The van der Waals surface area contributed by atoms with Crippen molar-refractivity contribution in [2.75, 3.05) is 16.8 Å². The van der Waals surface area contributed by atoms with Crippen LogP contribution < -0.4 is 10.2 Å². The first-order valence-corrected chi connectivity index (χ1v) is 10.4. The lowest BCUT2D eigenvalue weighted by molar-refractivity contribution is -0.116. The van der Waals surface area contributed by atoms with Gasteiger partial charge in [0.2, 0.25) is 5.91 Å². The molecular formula is C26H20FN3O2. The Morgan fingerprint density at radius 1 is 1.00 bits per heavy atom. The van der Waals surface area contributed by atoms with Crippen LogP contribution in [0.2, 0.25) is 0 Å². The van der Waals surface area contributed by atoms with Crippen LogP contribution >= 0.6 is 0 Å². The molecule has 32 heavy (non-hydrogen) atoms. The third kappa shape index (κ3) is 3.60. The van der Waals surface area contributed by atoms with Crippen LogP contribution in [0.1, 0.15) is 22.8 Å². The van der Waals surface area contributed by atoms with Crippen LogP contribution in [0.15, 0.2) is 72.8 Å². The number of carbonyl (C=O) groups excluding carboxylic acids is 2. The molecule has 2 amide bonds. The molecule has 0 atom stereocenters. The number of para-hydroxylation sites is 1. The average molecular weight is 425 g/mol. The van der Waals surface area contributed by atoms with Crippen molar-refractivity contribution in [1.29, 1.82) is 0 Å². The third-order valence-electron chi connectivity index (χ3n) is 5.71. The molecule has 1 aliphatic rings. The van der Waals surface area contributed by atoms with Gasteiger partial charge in [-0.05, 0) is 66.6 Å². The van der Waals surface area contributed by atoms with Crippen LogP contribution in [0, 0.1) is 5.82 Å². The molecule has 0 fully saturated rings. The monoisotopic (exact) mass is 425 g/mol. The fourth-order valence-corrected chi connectivity index (χ4v) is 4.14. The molecule has 1 N–H and O–H groups in total. The van der Waals surface area contributed by atoms with Crippen LogP contribution in [-0.4, -0.2) is 23.3 Å². The second-order valence-electron chi connectivity index (χ2n) is 7.80. The number of fused-ring (bicyclic) bond motifs is 2. The SMILES string of the molecule is CC(=O)N1CCc2cc(NC(=O)c3cc(-c4ccc(F)cc4)nc4ccccc34)ccc21. The van der Waals surface area contributed by atoms with Gasteiger partial charge in [0, 0.05) is 35.8 Å². The number of hydrogen-bond acceptors (Lipinski definition) is 3. The predicted molar refractivity (Wildman–Crippen MR) is 123 cm³/mol. The van der Waals surface area contributed by atoms with Gasteiger partial charge in [0.15, 0.2) is 0 Å². The Kier molecular flexibility index (Phi) is 4.90. The minimum Gasteiger partial charge on any atom is -0.322 e. The molecule has 0 saturated carbocycles. The number of nitrogens with one attached hydrogen (secondary N) is 1. The number of aromatic nitrogens is 1.